The first-order valence-electron chi connectivity index (χ1n) is 5.67. The van der Waals surface area contributed by atoms with Crippen LogP contribution in [0.2, 0.25) is 0 Å². The van der Waals surface area contributed by atoms with Crippen LogP contribution in [0.15, 0.2) is 18.2 Å². The molecule has 4 nitrogen and oxygen atoms in total. The number of halogens is 2. The standard InChI is InChI=1S/C13H15F2NO3/c1-8(2)16(7-17)13(3,12(18)19)10-6-9(14)4-5-11(10)15/h4-8H,1-3H3,(H,18,19). The summed E-state index contributed by atoms with van der Waals surface area (Å²) in [6, 6.07) is 2.04. The Hall–Kier alpha value is -1.98. The SMILES string of the molecule is CC(C)N(C=O)C(C)(C(=O)O)c1cc(F)ccc1F. The molecule has 0 saturated heterocycles. The second kappa shape index (κ2) is 5.34. The molecule has 1 aromatic rings. The van der Waals surface area contributed by atoms with Gasteiger partial charge in [-0.3, -0.25) is 4.79 Å². The summed E-state index contributed by atoms with van der Waals surface area (Å²) in [6.45, 7) is 4.35. The largest absolute Gasteiger partial charge is 0.479 e. The van der Waals surface area contributed by atoms with Crippen LogP contribution in [0.25, 0.3) is 0 Å². The first-order valence-corrected chi connectivity index (χ1v) is 5.67. The number of benzene rings is 1. The molecule has 0 aliphatic carbocycles. The van der Waals surface area contributed by atoms with E-state index in [0.29, 0.717) is 6.41 Å². The zero-order valence-corrected chi connectivity index (χ0v) is 10.9. The molecule has 0 saturated carbocycles. The number of amides is 1. The summed E-state index contributed by atoms with van der Waals surface area (Å²) in [5.41, 5.74) is -2.36. The molecule has 0 aliphatic rings. The lowest BCUT2D eigenvalue weighted by molar-refractivity contribution is -0.156. The molecule has 0 spiro atoms. The number of rotatable bonds is 5. The summed E-state index contributed by atoms with van der Waals surface area (Å²) in [5.74, 6) is -3.07. The molecular weight excluding hydrogens is 256 g/mol. The highest BCUT2D eigenvalue weighted by Gasteiger charge is 2.44. The zero-order valence-electron chi connectivity index (χ0n) is 10.9. The Kier molecular flexibility index (Phi) is 4.24. The lowest BCUT2D eigenvalue weighted by atomic mass is 9.88. The molecule has 6 heteroatoms. The summed E-state index contributed by atoms with van der Waals surface area (Å²) in [5, 5.41) is 9.36. The van der Waals surface area contributed by atoms with Crippen LogP contribution < -0.4 is 0 Å². The van der Waals surface area contributed by atoms with Crippen molar-refractivity contribution in [2.45, 2.75) is 32.4 Å². The second-order valence-corrected chi connectivity index (χ2v) is 4.61. The van der Waals surface area contributed by atoms with Crippen molar-refractivity contribution < 1.29 is 23.5 Å². The van der Waals surface area contributed by atoms with Crippen molar-refractivity contribution in [3.63, 3.8) is 0 Å². The van der Waals surface area contributed by atoms with E-state index in [2.05, 4.69) is 0 Å². The summed E-state index contributed by atoms with van der Waals surface area (Å²) >= 11 is 0. The van der Waals surface area contributed by atoms with Gasteiger partial charge in [0.15, 0.2) is 5.54 Å². The molecule has 104 valence electrons. The quantitative estimate of drug-likeness (QED) is 0.835. The van der Waals surface area contributed by atoms with E-state index in [-0.39, 0.29) is 5.56 Å². The van der Waals surface area contributed by atoms with Crippen molar-refractivity contribution >= 4 is 12.4 Å². The fourth-order valence-electron chi connectivity index (χ4n) is 1.98. The van der Waals surface area contributed by atoms with Gasteiger partial charge in [0.1, 0.15) is 11.6 Å². The molecule has 0 radical (unpaired) electrons. The third-order valence-corrected chi connectivity index (χ3v) is 3.06. The Morgan fingerprint density at radius 2 is 2.00 bits per heavy atom. The van der Waals surface area contributed by atoms with Crippen LogP contribution in [-0.2, 0) is 15.1 Å². The third-order valence-electron chi connectivity index (χ3n) is 3.06. The predicted molar refractivity (Wildman–Crippen MR) is 64.4 cm³/mol. The van der Waals surface area contributed by atoms with Crippen molar-refractivity contribution in [2.24, 2.45) is 0 Å². The van der Waals surface area contributed by atoms with Gasteiger partial charge < -0.3 is 10.0 Å². The van der Waals surface area contributed by atoms with E-state index >= 15 is 0 Å². The number of carboxylic acids is 1. The second-order valence-electron chi connectivity index (χ2n) is 4.61. The lowest BCUT2D eigenvalue weighted by Gasteiger charge is -2.38. The average molecular weight is 271 g/mol. The maximum Gasteiger partial charge on any atom is 0.334 e. The Labute approximate surface area is 109 Å². The minimum absolute atomic E-state index is 0.323. The Balaban J connectivity index is 3.54. The van der Waals surface area contributed by atoms with E-state index in [9.17, 15) is 23.5 Å². The van der Waals surface area contributed by atoms with E-state index < -0.39 is 29.2 Å². The van der Waals surface area contributed by atoms with E-state index in [0.717, 1.165) is 23.1 Å². The van der Waals surface area contributed by atoms with Crippen molar-refractivity contribution in [1.82, 2.24) is 4.90 Å². The van der Waals surface area contributed by atoms with Crippen LogP contribution in [0.1, 0.15) is 26.3 Å². The molecule has 1 amide bonds. The first kappa shape index (κ1) is 15.1. The number of hydrogen-bond donors (Lipinski definition) is 1. The smallest absolute Gasteiger partial charge is 0.334 e. The topological polar surface area (TPSA) is 57.6 Å². The monoisotopic (exact) mass is 271 g/mol. The number of carboxylic acid groups (broad SMARTS) is 1. The van der Waals surface area contributed by atoms with E-state index in [1.54, 1.807) is 13.8 Å². The molecule has 1 rings (SSSR count). The van der Waals surface area contributed by atoms with E-state index in [1.165, 1.54) is 6.92 Å². The molecule has 0 fully saturated rings. The summed E-state index contributed by atoms with van der Waals surface area (Å²) in [7, 11) is 0. The molecule has 0 aromatic heterocycles. The van der Waals surface area contributed by atoms with Gasteiger partial charge >= 0.3 is 5.97 Å². The normalized spacial score (nSPS) is 14.0. The van der Waals surface area contributed by atoms with Gasteiger partial charge in [-0.1, -0.05) is 0 Å². The third kappa shape index (κ3) is 2.57. The molecule has 1 aromatic carbocycles. The van der Waals surface area contributed by atoms with Crippen molar-refractivity contribution in [3.8, 4) is 0 Å². The molecule has 1 atom stereocenters. The molecule has 1 N–H and O–H groups in total. The lowest BCUT2D eigenvalue weighted by Crippen LogP contribution is -2.52. The predicted octanol–water partition coefficient (Wildman–Crippen LogP) is 2.13. The van der Waals surface area contributed by atoms with Gasteiger partial charge in [-0.05, 0) is 39.0 Å². The molecule has 0 heterocycles. The van der Waals surface area contributed by atoms with Gasteiger partial charge in [-0.15, -0.1) is 0 Å². The minimum atomic E-state index is -1.97. The summed E-state index contributed by atoms with van der Waals surface area (Å²) < 4.78 is 27.1. The molecule has 0 aliphatic heterocycles. The molecule has 0 bridgehead atoms. The van der Waals surface area contributed by atoms with Gasteiger partial charge in [0.25, 0.3) is 0 Å². The summed E-state index contributed by atoms with van der Waals surface area (Å²) in [6.07, 6.45) is 0.323. The van der Waals surface area contributed by atoms with Crippen LogP contribution >= 0.6 is 0 Å². The highest BCUT2D eigenvalue weighted by molar-refractivity contribution is 5.83. The number of aliphatic carboxylic acids is 1. The van der Waals surface area contributed by atoms with Crippen LogP contribution in [0.3, 0.4) is 0 Å². The maximum atomic E-state index is 13.8. The summed E-state index contributed by atoms with van der Waals surface area (Å²) in [4.78, 5) is 23.6. The average Bonchev–Trinajstić information content (AvgIpc) is 2.32. The van der Waals surface area contributed by atoms with Gasteiger partial charge in [0, 0.05) is 11.6 Å². The number of carbonyl (C=O) groups excluding carboxylic acids is 1. The minimum Gasteiger partial charge on any atom is -0.479 e. The van der Waals surface area contributed by atoms with Gasteiger partial charge in [-0.2, -0.15) is 0 Å². The molecule has 1 unspecified atom stereocenters. The number of hydrogen-bond acceptors (Lipinski definition) is 2. The van der Waals surface area contributed by atoms with Crippen molar-refractivity contribution in [3.05, 3.63) is 35.4 Å². The Morgan fingerprint density at radius 3 is 2.42 bits per heavy atom. The fourth-order valence-corrected chi connectivity index (χ4v) is 1.98. The van der Waals surface area contributed by atoms with Crippen molar-refractivity contribution in [1.29, 1.82) is 0 Å². The first-order chi connectivity index (χ1) is 8.75. The van der Waals surface area contributed by atoms with E-state index in [1.807, 2.05) is 0 Å². The fraction of sp³-hybridized carbons (Fsp3) is 0.385. The Morgan fingerprint density at radius 1 is 1.42 bits per heavy atom. The number of nitrogens with zero attached hydrogens (tertiary/aromatic N) is 1. The number of carbonyl (C=O) groups is 2. The highest BCUT2D eigenvalue weighted by Crippen LogP contribution is 2.32. The van der Waals surface area contributed by atoms with Crippen LogP contribution in [-0.4, -0.2) is 28.4 Å². The maximum absolute atomic E-state index is 13.8. The molecule has 19 heavy (non-hydrogen) atoms. The van der Waals surface area contributed by atoms with Gasteiger partial charge in [-0.25, -0.2) is 13.6 Å². The highest BCUT2D eigenvalue weighted by atomic mass is 19.1. The van der Waals surface area contributed by atoms with Crippen molar-refractivity contribution in [2.75, 3.05) is 0 Å². The van der Waals surface area contributed by atoms with Crippen LogP contribution in [0.4, 0.5) is 8.78 Å². The van der Waals surface area contributed by atoms with Crippen LogP contribution in [0.5, 0.6) is 0 Å². The van der Waals surface area contributed by atoms with Gasteiger partial charge in [0.2, 0.25) is 6.41 Å². The van der Waals surface area contributed by atoms with E-state index in [4.69, 9.17) is 0 Å². The Bertz CT molecular complexity index is 505. The zero-order chi connectivity index (χ0) is 14.8. The molecular formula is C13H15F2NO3. The van der Waals surface area contributed by atoms with Crippen LogP contribution in [0, 0.1) is 11.6 Å². The van der Waals surface area contributed by atoms with Gasteiger partial charge in [0.05, 0.1) is 0 Å².